The van der Waals surface area contributed by atoms with Crippen molar-refractivity contribution in [1.82, 2.24) is 9.78 Å². The van der Waals surface area contributed by atoms with E-state index in [1.54, 1.807) is 20.0 Å². The van der Waals surface area contributed by atoms with E-state index in [2.05, 4.69) is 10.4 Å². The number of aromatic nitrogens is 2. The van der Waals surface area contributed by atoms with Crippen LogP contribution >= 0.6 is 0 Å². The Morgan fingerprint density at radius 2 is 2.23 bits per heavy atom. The van der Waals surface area contributed by atoms with Crippen LogP contribution in [0.15, 0.2) is 24.3 Å². The summed E-state index contributed by atoms with van der Waals surface area (Å²) in [6, 6.07) is 4.44. The molecule has 116 valence electrons. The molecule has 2 rings (SSSR count). The molecule has 22 heavy (non-hydrogen) atoms. The number of carbonyl (C=O) groups excluding carboxylic acids is 1. The lowest BCUT2D eigenvalue weighted by Crippen LogP contribution is -2.21. The van der Waals surface area contributed by atoms with Crippen LogP contribution in [0.2, 0.25) is 0 Å². The molecule has 0 aliphatic rings. The van der Waals surface area contributed by atoms with Gasteiger partial charge in [-0.3, -0.25) is 19.6 Å². The number of aryl methyl sites for hydroxylation is 2. The molecule has 9 heteroatoms. The zero-order chi connectivity index (χ0) is 16.3. The Labute approximate surface area is 124 Å². The Kier molecular flexibility index (Phi) is 4.35. The van der Waals surface area contributed by atoms with Crippen LogP contribution in [0.3, 0.4) is 0 Å². The van der Waals surface area contributed by atoms with E-state index >= 15 is 0 Å². The first-order valence-corrected chi connectivity index (χ1v) is 6.24. The molecule has 1 amide bonds. The van der Waals surface area contributed by atoms with Gasteiger partial charge in [0.05, 0.1) is 10.6 Å². The van der Waals surface area contributed by atoms with Gasteiger partial charge in [0, 0.05) is 25.2 Å². The van der Waals surface area contributed by atoms with Crippen molar-refractivity contribution in [3.05, 3.63) is 45.9 Å². The van der Waals surface area contributed by atoms with Crippen molar-refractivity contribution >= 4 is 17.4 Å². The quantitative estimate of drug-likeness (QED) is 0.670. The van der Waals surface area contributed by atoms with E-state index < -0.39 is 28.9 Å². The smallest absolute Gasteiger partial charge is 0.311 e. The molecule has 0 unspecified atom stereocenters. The maximum Gasteiger partial charge on any atom is 0.311 e. The number of hydrogen-bond donors (Lipinski definition) is 1. The number of amides is 1. The summed E-state index contributed by atoms with van der Waals surface area (Å²) >= 11 is 0. The average molecular weight is 308 g/mol. The molecular formula is C13H13FN4O4. The first kappa shape index (κ1) is 15.4. The van der Waals surface area contributed by atoms with E-state index in [1.165, 1.54) is 4.68 Å². The van der Waals surface area contributed by atoms with Gasteiger partial charge in [0.2, 0.25) is 5.75 Å². The fourth-order valence-electron chi connectivity index (χ4n) is 1.80. The molecular weight excluding hydrogens is 295 g/mol. The molecule has 0 atom stereocenters. The van der Waals surface area contributed by atoms with E-state index in [-0.39, 0.29) is 5.75 Å². The minimum Gasteiger partial charge on any atom is -0.477 e. The maximum atomic E-state index is 13.1. The molecule has 0 saturated carbocycles. The van der Waals surface area contributed by atoms with Crippen molar-refractivity contribution in [2.75, 3.05) is 11.9 Å². The Morgan fingerprint density at radius 1 is 1.50 bits per heavy atom. The summed E-state index contributed by atoms with van der Waals surface area (Å²) in [6.45, 7) is 1.27. The zero-order valence-electron chi connectivity index (χ0n) is 11.9. The van der Waals surface area contributed by atoms with Crippen LogP contribution in [0.25, 0.3) is 0 Å². The monoisotopic (exact) mass is 308 g/mol. The number of nitrogens with one attached hydrogen (secondary N) is 1. The molecule has 0 spiro atoms. The minimum absolute atomic E-state index is 0.304. The number of nitro benzene ring substituents is 1. The van der Waals surface area contributed by atoms with Gasteiger partial charge in [-0.1, -0.05) is 0 Å². The summed E-state index contributed by atoms with van der Waals surface area (Å²) in [6.07, 6.45) is 0. The van der Waals surface area contributed by atoms with Gasteiger partial charge in [0.25, 0.3) is 5.91 Å². The third-order valence-electron chi connectivity index (χ3n) is 2.75. The summed E-state index contributed by atoms with van der Waals surface area (Å²) in [4.78, 5) is 21.9. The summed E-state index contributed by atoms with van der Waals surface area (Å²) in [5.74, 6) is -1.08. The van der Waals surface area contributed by atoms with E-state index in [1.807, 2.05) is 0 Å². The number of anilines is 1. The summed E-state index contributed by atoms with van der Waals surface area (Å²) in [5.41, 5.74) is 0.310. The molecule has 0 radical (unpaired) electrons. The Bertz CT molecular complexity index is 729. The number of nitro groups is 1. The van der Waals surface area contributed by atoms with Crippen molar-refractivity contribution in [2.45, 2.75) is 6.92 Å². The summed E-state index contributed by atoms with van der Waals surface area (Å²) in [5, 5.41) is 17.4. The molecule has 1 N–H and O–H groups in total. The van der Waals surface area contributed by atoms with Crippen LogP contribution < -0.4 is 10.1 Å². The van der Waals surface area contributed by atoms with Crippen LogP contribution in [-0.2, 0) is 11.8 Å². The lowest BCUT2D eigenvalue weighted by Gasteiger charge is -2.08. The lowest BCUT2D eigenvalue weighted by molar-refractivity contribution is -0.385. The standard InChI is InChI=1S/C13H13FN4O4/c1-8-5-12(17(2)16-8)15-13(19)7-22-11-6-9(14)3-4-10(11)18(20)21/h3-6H,7H2,1-2H3,(H,15,19). The van der Waals surface area contributed by atoms with Crippen LogP contribution in [0.5, 0.6) is 5.75 Å². The summed E-state index contributed by atoms with van der Waals surface area (Å²) in [7, 11) is 1.65. The van der Waals surface area contributed by atoms with Gasteiger partial charge in [0.1, 0.15) is 11.6 Å². The SMILES string of the molecule is Cc1cc(NC(=O)COc2cc(F)ccc2[N+](=O)[O-])n(C)n1. The van der Waals surface area contributed by atoms with Gasteiger partial charge in [-0.25, -0.2) is 4.39 Å². The van der Waals surface area contributed by atoms with Gasteiger partial charge < -0.3 is 10.1 Å². The Balaban J connectivity index is 2.04. The second-order valence-electron chi connectivity index (χ2n) is 4.50. The maximum absolute atomic E-state index is 13.1. The van der Waals surface area contributed by atoms with Crippen molar-refractivity contribution in [3.8, 4) is 5.75 Å². The number of hydrogen-bond acceptors (Lipinski definition) is 5. The molecule has 0 aliphatic carbocycles. The van der Waals surface area contributed by atoms with E-state index in [0.29, 0.717) is 5.82 Å². The number of ether oxygens (including phenoxy) is 1. The van der Waals surface area contributed by atoms with Crippen molar-refractivity contribution in [3.63, 3.8) is 0 Å². The highest BCUT2D eigenvalue weighted by molar-refractivity contribution is 5.91. The van der Waals surface area contributed by atoms with E-state index in [9.17, 15) is 19.3 Å². The van der Waals surface area contributed by atoms with Gasteiger partial charge >= 0.3 is 5.69 Å². The minimum atomic E-state index is -0.711. The zero-order valence-corrected chi connectivity index (χ0v) is 11.9. The van der Waals surface area contributed by atoms with Crippen molar-refractivity contribution in [1.29, 1.82) is 0 Å². The average Bonchev–Trinajstić information content (AvgIpc) is 2.74. The van der Waals surface area contributed by atoms with E-state index in [0.717, 1.165) is 23.9 Å². The van der Waals surface area contributed by atoms with Gasteiger partial charge in [-0.15, -0.1) is 0 Å². The van der Waals surface area contributed by atoms with Crippen molar-refractivity contribution in [2.24, 2.45) is 7.05 Å². The van der Waals surface area contributed by atoms with Gasteiger partial charge in [0.15, 0.2) is 6.61 Å². The second kappa shape index (κ2) is 6.20. The highest BCUT2D eigenvalue weighted by Crippen LogP contribution is 2.27. The molecule has 0 saturated heterocycles. The topological polar surface area (TPSA) is 99.3 Å². The first-order valence-electron chi connectivity index (χ1n) is 6.24. The number of halogens is 1. The molecule has 2 aromatic rings. The Hall–Kier alpha value is -2.97. The molecule has 1 heterocycles. The number of benzene rings is 1. The largest absolute Gasteiger partial charge is 0.477 e. The van der Waals surface area contributed by atoms with Crippen molar-refractivity contribution < 1.29 is 18.8 Å². The number of carbonyl (C=O) groups is 1. The molecule has 0 aliphatic heterocycles. The normalized spacial score (nSPS) is 10.3. The fourth-order valence-corrected chi connectivity index (χ4v) is 1.80. The molecule has 0 fully saturated rings. The first-order chi connectivity index (χ1) is 10.4. The Morgan fingerprint density at radius 3 is 2.82 bits per heavy atom. The third-order valence-corrected chi connectivity index (χ3v) is 2.75. The molecule has 1 aromatic carbocycles. The molecule has 0 bridgehead atoms. The number of rotatable bonds is 5. The van der Waals surface area contributed by atoms with E-state index in [4.69, 9.17) is 4.74 Å². The lowest BCUT2D eigenvalue weighted by atomic mass is 10.3. The predicted molar refractivity (Wildman–Crippen MR) is 75.1 cm³/mol. The third kappa shape index (κ3) is 3.57. The second-order valence-corrected chi connectivity index (χ2v) is 4.50. The molecule has 8 nitrogen and oxygen atoms in total. The van der Waals surface area contributed by atoms with Crippen LogP contribution in [-0.4, -0.2) is 27.2 Å². The number of nitrogens with zero attached hydrogens (tertiary/aromatic N) is 3. The van der Waals surface area contributed by atoms with Crippen LogP contribution in [0, 0.1) is 22.9 Å². The van der Waals surface area contributed by atoms with Crippen LogP contribution in [0.1, 0.15) is 5.69 Å². The van der Waals surface area contributed by atoms with Crippen LogP contribution in [0.4, 0.5) is 15.9 Å². The highest BCUT2D eigenvalue weighted by atomic mass is 19.1. The summed E-state index contributed by atoms with van der Waals surface area (Å²) < 4.78 is 19.6. The fraction of sp³-hybridized carbons (Fsp3) is 0.231. The van der Waals surface area contributed by atoms with Gasteiger partial charge in [-0.05, 0) is 13.0 Å². The predicted octanol–water partition coefficient (Wildman–Crippen LogP) is 1.79. The highest BCUT2D eigenvalue weighted by Gasteiger charge is 2.17. The molecule has 1 aromatic heterocycles. The van der Waals surface area contributed by atoms with Gasteiger partial charge in [-0.2, -0.15) is 5.10 Å².